The Kier molecular flexibility index (Phi) is 2.77. The molecule has 1 heteroatoms. The van der Waals surface area contributed by atoms with E-state index in [0.29, 0.717) is 0 Å². The minimum atomic E-state index is 0.150. The van der Waals surface area contributed by atoms with Crippen molar-refractivity contribution in [2.45, 2.75) is 20.8 Å². The van der Waals surface area contributed by atoms with Gasteiger partial charge in [0.1, 0.15) is 0 Å². The van der Waals surface area contributed by atoms with Gasteiger partial charge in [0.05, 0.1) is 6.61 Å². The third kappa shape index (κ3) is 5.70. The van der Waals surface area contributed by atoms with Crippen molar-refractivity contribution in [2.24, 2.45) is 5.41 Å². The van der Waals surface area contributed by atoms with Crippen molar-refractivity contribution < 1.29 is 5.11 Å². The van der Waals surface area contributed by atoms with Crippen LogP contribution in [0.3, 0.4) is 0 Å². The summed E-state index contributed by atoms with van der Waals surface area (Å²) < 4.78 is 0. The van der Waals surface area contributed by atoms with E-state index < -0.39 is 0 Å². The van der Waals surface area contributed by atoms with Crippen LogP contribution >= 0.6 is 0 Å². The Labute approximate surface area is 51.0 Å². The fourth-order valence-corrected chi connectivity index (χ4v) is 0.406. The summed E-state index contributed by atoms with van der Waals surface area (Å²) in [4.78, 5) is 0. The van der Waals surface area contributed by atoms with Crippen LogP contribution in [0.1, 0.15) is 20.8 Å². The van der Waals surface area contributed by atoms with E-state index in [4.69, 9.17) is 5.11 Å². The molecule has 0 atom stereocenters. The zero-order chi connectivity index (χ0) is 6.62. The van der Waals surface area contributed by atoms with Gasteiger partial charge in [0.15, 0.2) is 0 Å². The zero-order valence-corrected chi connectivity index (χ0v) is 5.81. The van der Waals surface area contributed by atoms with Crippen LogP contribution in [0, 0.1) is 5.41 Å². The van der Waals surface area contributed by atoms with Crippen molar-refractivity contribution in [3.63, 3.8) is 0 Å². The molecule has 1 N–H and O–H groups in total. The second-order valence-electron chi connectivity index (χ2n) is 2.95. The van der Waals surface area contributed by atoms with E-state index in [-0.39, 0.29) is 12.0 Å². The lowest BCUT2D eigenvalue weighted by Crippen LogP contribution is -1.98. The molecule has 0 radical (unpaired) electrons. The monoisotopic (exact) mass is 114 g/mol. The first kappa shape index (κ1) is 7.70. The number of allylic oxidation sites excluding steroid dienone is 1. The number of hydrogen-bond acceptors (Lipinski definition) is 1. The quantitative estimate of drug-likeness (QED) is 0.513. The molecule has 0 bridgehead atoms. The van der Waals surface area contributed by atoms with Gasteiger partial charge < -0.3 is 5.11 Å². The largest absolute Gasteiger partial charge is 0.392 e. The van der Waals surface area contributed by atoms with Crippen molar-refractivity contribution in [1.29, 1.82) is 0 Å². The fraction of sp³-hybridized carbons (Fsp3) is 0.714. The lowest BCUT2D eigenvalue weighted by atomic mass is 9.97. The molecule has 0 rings (SSSR count). The van der Waals surface area contributed by atoms with Gasteiger partial charge in [-0.25, -0.2) is 0 Å². The van der Waals surface area contributed by atoms with Crippen LogP contribution in [0.25, 0.3) is 0 Å². The second kappa shape index (κ2) is 2.88. The van der Waals surface area contributed by atoms with E-state index >= 15 is 0 Å². The molecule has 0 aromatic heterocycles. The molecule has 0 unspecified atom stereocenters. The number of aliphatic hydroxyl groups is 1. The Morgan fingerprint density at radius 1 is 1.38 bits per heavy atom. The molecule has 0 aliphatic carbocycles. The van der Waals surface area contributed by atoms with Gasteiger partial charge in [-0.3, -0.25) is 0 Å². The maximum absolute atomic E-state index is 8.34. The van der Waals surface area contributed by atoms with Gasteiger partial charge in [-0.05, 0) is 5.41 Å². The first-order valence-electron chi connectivity index (χ1n) is 2.85. The van der Waals surface area contributed by atoms with E-state index in [0.717, 1.165) is 0 Å². The normalized spacial score (nSPS) is 13.0. The molecule has 0 spiro atoms. The minimum Gasteiger partial charge on any atom is -0.392 e. The molecule has 0 saturated heterocycles. The molecule has 0 saturated carbocycles. The van der Waals surface area contributed by atoms with Crippen LogP contribution < -0.4 is 0 Å². The average molecular weight is 114 g/mol. The second-order valence-corrected chi connectivity index (χ2v) is 2.95. The number of hydrogen-bond donors (Lipinski definition) is 1. The van der Waals surface area contributed by atoms with E-state index in [2.05, 4.69) is 20.8 Å². The van der Waals surface area contributed by atoms with Crippen LogP contribution in [-0.2, 0) is 0 Å². The summed E-state index contributed by atoms with van der Waals surface area (Å²) in [5.74, 6) is 0. The summed E-state index contributed by atoms with van der Waals surface area (Å²) in [6, 6.07) is 0. The van der Waals surface area contributed by atoms with Gasteiger partial charge in [0.25, 0.3) is 0 Å². The predicted molar refractivity (Wildman–Crippen MR) is 35.7 cm³/mol. The van der Waals surface area contributed by atoms with Crippen LogP contribution in [0.5, 0.6) is 0 Å². The maximum Gasteiger partial charge on any atom is 0.0612 e. The maximum atomic E-state index is 8.34. The van der Waals surface area contributed by atoms with Crippen molar-refractivity contribution >= 4 is 0 Å². The average Bonchev–Trinajstić information content (AvgIpc) is 1.59. The van der Waals surface area contributed by atoms with Crippen molar-refractivity contribution in [1.82, 2.24) is 0 Å². The van der Waals surface area contributed by atoms with Crippen molar-refractivity contribution in [3.05, 3.63) is 12.2 Å². The summed E-state index contributed by atoms with van der Waals surface area (Å²) >= 11 is 0. The lowest BCUT2D eigenvalue weighted by molar-refractivity contribution is 0.340. The number of rotatable bonds is 1. The summed E-state index contributed by atoms with van der Waals surface area (Å²) in [5, 5.41) is 8.34. The molecule has 0 fully saturated rings. The highest BCUT2D eigenvalue weighted by Crippen LogP contribution is 2.13. The lowest BCUT2D eigenvalue weighted by Gasteiger charge is -2.09. The molecule has 8 heavy (non-hydrogen) atoms. The van der Waals surface area contributed by atoms with E-state index in [1.54, 1.807) is 6.08 Å². The third-order valence-electron chi connectivity index (χ3n) is 0.723. The molecule has 0 amide bonds. The Morgan fingerprint density at radius 2 is 1.88 bits per heavy atom. The first-order chi connectivity index (χ1) is 3.56. The Morgan fingerprint density at radius 3 is 2.00 bits per heavy atom. The highest BCUT2D eigenvalue weighted by atomic mass is 16.2. The van der Waals surface area contributed by atoms with Gasteiger partial charge in [-0.15, -0.1) is 0 Å². The SMILES string of the molecule is CC(C)(C)/C=C/CO. The standard InChI is InChI=1S/C7H14O/c1-7(2,3)5-4-6-8/h4-5,8H,6H2,1-3H3/b5-4+. The predicted octanol–water partition coefficient (Wildman–Crippen LogP) is 1.58. The van der Waals surface area contributed by atoms with Crippen molar-refractivity contribution in [2.75, 3.05) is 6.61 Å². The minimum absolute atomic E-state index is 0.150. The Hall–Kier alpha value is -0.300. The Balaban J connectivity index is 3.52. The van der Waals surface area contributed by atoms with Gasteiger partial charge >= 0.3 is 0 Å². The van der Waals surface area contributed by atoms with Gasteiger partial charge in [-0.1, -0.05) is 32.9 Å². The van der Waals surface area contributed by atoms with E-state index in [1.165, 1.54) is 0 Å². The zero-order valence-electron chi connectivity index (χ0n) is 5.81. The molecule has 48 valence electrons. The summed E-state index contributed by atoms with van der Waals surface area (Å²) in [6.07, 6.45) is 3.76. The molecule has 0 aliphatic heterocycles. The fourth-order valence-electron chi connectivity index (χ4n) is 0.406. The highest BCUT2D eigenvalue weighted by Gasteiger charge is 2.01. The molecular formula is C7H14O. The van der Waals surface area contributed by atoms with Gasteiger partial charge in [0.2, 0.25) is 0 Å². The van der Waals surface area contributed by atoms with Crippen LogP contribution in [0.2, 0.25) is 0 Å². The van der Waals surface area contributed by atoms with Crippen LogP contribution in [-0.4, -0.2) is 11.7 Å². The molecule has 0 aromatic rings. The van der Waals surface area contributed by atoms with Gasteiger partial charge in [-0.2, -0.15) is 0 Å². The third-order valence-corrected chi connectivity index (χ3v) is 0.723. The van der Waals surface area contributed by atoms with Crippen LogP contribution in [0.4, 0.5) is 0 Å². The molecule has 0 aromatic carbocycles. The summed E-state index contributed by atoms with van der Waals surface area (Å²) in [5.41, 5.74) is 0.211. The highest BCUT2D eigenvalue weighted by molar-refractivity contribution is 4.91. The molecule has 1 nitrogen and oxygen atoms in total. The number of aliphatic hydroxyl groups excluding tert-OH is 1. The first-order valence-corrected chi connectivity index (χ1v) is 2.85. The van der Waals surface area contributed by atoms with Gasteiger partial charge in [0, 0.05) is 0 Å². The van der Waals surface area contributed by atoms with Crippen molar-refractivity contribution in [3.8, 4) is 0 Å². The summed E-state index contributed by atoms with van der Waals surface area (Å²) in [7, 11) is 0. The van der Waals surface area contributed by atoms with E-state index in [9.17, 15) is 0 Å². The van der Waals surface area contributed by atoms with E-state index in [1.807, 2.05) is 6.08 Å². The van der Waals surface area contributed by atoms with Crippen LogP contribution in [0.15, 0.2) is 12.2 Å². The smallest absolute Gasteiger partial charge is 0.0612 e. The molecule has 0 heterocycles. The molecular weight excluding hydrogens is 100 g/mol. The Bertz CT molecular complexity index is 76.9. The molecule has 0 aliphatic rings. The topological polar surface area (TPSA) is 20.2 Å². The summed E-state index contributed by atoms with van der Waals surface area (Å²) in [6.45, 7) is 6.44.